The van der Waals surface area contributed by atoms with Crippen LogP contribution in [0.15, 0.2) is 30.6 Å². The highest BCUT2D eigenvalue weighted by atomic mass is 16.5. The molecule has 0 radical (unpaired) electrons. The molecular formula is C14H21N3O. The third-order valence-electron chi connectivity index (χ3n) is 2.89. The average Bonchev–Trinajstić information content (AvgIpc) is 2.81. The maximum absolute atomic E-state index is 5.50. The van der Waals surface area contributed by atoms with Gasteiger partial charge < -0.3 is 10.1 Å². The number of hydrogen-bond acceptors (Lipinski definition) is 3. The van der Waals surface area contributed by atoms with Gasteiger partial charge in [0, 0.05) is 31.5 Å². The van der Waals surface area contributed by atoms with Crippen molar-refractivity contribution in [2.24, 2.45) is 0 Å². The number of ether oxygens (including phenoxy) is 1. The van der Waals surface area contributed by atoms with E-state index in [2.05, 4.69) is 23.4 Å². The van der Waals surface area contributed by atoms with E-state index in [9.17, 15) is 0 Å². The van der Waals surface area contributed by atoms with Crippen LogP contribution in [0.4, 0.5) is 0 Å². The fraction of sp³-hybridized carbons (Fsp3) is 0.500. The molecule has 0 saturated heterocycles. The second kappa shape index (κ2) is 7.13. The third kappa shape index (κ3) is 3.55. The summed E-state index contributed by atoms with van der Waals surface area (Å²) in [4.78, 5) is 0. The molecule has 0 unspecified atom stereocenters. The van der Waals surface area contributed by atoms with Crippen molar-refractivity contribution in [3.8, 4) is 0 Å². The van der Waals surface area contributed by atoms with Crippen molar-refractivity contribution in [3.63, 3.8) is 0 Å². The number of aromatic nitrogens is 2. The Bertz CT molecular complexity index is 467. The van der Waals surface area contributed by atoms with Gasteiger partial charge in [-0.05, 0) is 18.6 Å². The van der Waals surface area contributed by atoms with E-state index in [4.69, 9.17) is 4.74 Å². The van der Waals surface area contributed by atoms with Crippen LogP contribution < -0.4 is 5.32 Å². The van der Waals surface area contributed by atoms with Gasteiger partial charge in [0.1, 0.15) is 0 Å². The minimum atomic E-state index is 0.777. The molecule has 0 spiro atoms. The molecule has 0 aliphatic carbocycles. The number of rotatable bonds is 8. The second-order valence-corrected chi connectivity index (χ2v) is 4.34. The van der Waals surface area contributed by atoms with E-state index in [0.717, 1.165) is 38.2 Å². The molecule has 0 aromatic carbocycles. The van der Waals surface area contributed by atoms with Gasteiger partial charge in [-0.25, -0.2) is 4.52 Å². The Hall–Kier alpha value is -1.39. The Kier molecular flexibility index (Phi) is 5.17. The van der Waals surface area contributed by atoms with Crippen LogP contribution in [0.2, 0.25) is 0 Å². The fourth-order valence-corrected chi connectivity index (χ4v) is 1.84. The molecule has 2 rings (SSSR count). The number of pyridine rings is 1. The number of fused-ring (bicyclic) bond motifs is 1. The van der Waals surface area contributed by atoms with E-state index in [0.29, 0.717) is 0 Å². The number of nitrogens with one attached hydrogen (secondary N) is 1. The quantitative estimate of drug-likeness (QED) is 0.727. The molecule has 0 atom stereocenters. The smallest absolute Gasteiger partial charge is 0.0706 e. The summed E-state index contributed by atoms with van der Waals surface area (Å²) in [6.45, 7) is 5.54. The van der Waals surface area contributed by atoms with Crippen molar-refractivity contribution in [3.05, 3.63) is 36.2 Å². The van der Waals surface area contributed by atoms with Crippen molar-refractivity contribution in [1.29, 1.82) is 0 Å². The molecule has 98 valence electrons. The molecule has 0 saturated carbocycles. The SMILES string of the molecule is CCCCOCCNCc1cnn2ccccc12. The van der Waals surface area contributed by atoms with Gasteiger partial charge in [-0.1, -0.05) is 19.4 Å². The van der Waals surface area contributed by atoms with Crippen molar-refractivity contribution in [1.82, 2.24) is 14.9 Å². The van der Waals surface area contributed by atoms with E-state index in [-0.39, 0.29) is 0 Å². The lowest BCUT2D eigenvalue weighted by Crippen LogP contribution is -2.19. The number of unbranched alkanes of at least 4 members (excludes halogenated alkanes) is 1. The molecule has 0 amide bonds. The monoisotopic (exact) mass is 247 g/mol. The predicted octanol–water partition coefficient (Wildman–Crippen LogP) is 2.24. The zero-order chi connectivity index (χ0) is 12.6. The maximum atomic E-state index is 5.50. The van der Waals surface area contributed by atoms with E-state index in [1.54, 1.807) is 0 Å². The van der Waals surface area contributed by atoms with Gasteiger partial charge in [0.25, 0.3) is 0 Å². The van der Waals surface area contributed by atoms with Gasteiger partial charge in [0.2, 0.25) is 0 Å². The van der Waals surface area contributed by atoms with Crippen molar-refractivity contribution < 1.29 is 4.74 Å². The number of hydrogen-bond donors (Lipinski definition) is 1. The third-order valence-corrected chi connectivity index (χ3v) is 2.89. The first-order valence-electron chi connectivity index (χ1n) is 6.61. The molecular weight excluding hydrogens is 226 g/mol. The zero-order valence-corrected chi connectivity index (χ0v) is 10.9. The van der Waals surface area contributed by atoms with Crippen molar-refractivity contribution in [2.45, 2.75) is 26.3 Å². The first-order chi connectivity index (χ1) is 8.92. The summed E-state index contributed by atoms with van der Waals surface area (Å²) in [5, 5.41) is 7.68. The molecule has 0 aliphatic heterocycles. The van der Waals surface area contributed by atoms with Gasteiger partial charge >= 0.3 is 0 Å². The molecule has 0 fully saturated rings. The van der Waals surface area contributed by atoms with Crippen LogP contribution in [-0.4, -0.2) is 29.4 Å². The van der Waals surface area contributed by atoms with Crippen molar-refractivity contribution in [2.75, 3.05) is 19.8 Å². The number of nitrogens with zero attached hydrogens (tertiary/aromatic N) is 2. The van der Waals surface area contributed by atoms with Gasteiger partial charge in [0.05, 0.1) is 18.3 Å². The van der Waals surface area contributed by atoms with E-state index >= 15 is 0 Å². The fourth-order valence-electron chi connectivity index (χ4n) is 1.84. The Morgan fingerprint density at radius 1 is 1.33 bits per heavy atom. The lowest BCUT2D eigenvalue weighted by molar-refractivity contribution is 0.133. The van der Waals surface area contributed by atoms with Gasteiger partial charge in [-0.15, -0.1) is 0 Å². The van der Waals surface area contributed by atoms with Crippen LogP contribution in [0.1, 0.15) is 25.3 Å². The van der Waals surface area contributed by atoms with Crippen LogP contribution in [0.5, 0.6) is 0 Å². The molecule has 1 N–H and O–H groups in total. The van der Waals surface area contributed by atoms with Gasteiger partial charge in [0.15, 0.2) is 0 Å². The lowest BCUT2D eigenvalue weighted by atomic mass is 10.2. The van der Waals surface area contributed by atoms with Gasteiger partial charge in [-0.3, -0.25) is 0 Å². The molecule has 0 bridgehead atoms. The van der Waals surface area contributed by atoms with E-state index in [1.807, 2.05) is 29.0 Å². The molecule has 2 aromatic rings. The summed E-state index contributed by atoms with van der Waals surface area (Å²) in [6.07, 6.45) is 6.22. The first kappa shape index (κ1) is 13.1. The van der Waals surface area contributed by atoms with E-state index in [1.165, 1.54) is 12.0 Å². The largest absolute Gasteiger partial charge is 0.380 e. The normalized spacial score (nSPS) is 11.2. The van der Waals surface area contributed by atoms with Crippen molar-refractivity contribution >= 4 is 5.52 Å². The van der Waals surface area contributed by atoms with Crippen LogP contribution in [-0.2, 0) is 11.3 Å². The molecule has 0 aliphatic rings. The summed E-state index contributed by atoms with van der Waals surface area (Å²) < 4.78 is 7.40. The molecule has 2 heterocycles. The predicted molar refractivity (Wildman–Crippen MR) is 72.6 cm³/mol. The second-order valence-electron chi connectivity index (χ2n) is 4.34. The van der Waals surface area contributed by atoms with Crippen LogP contribution >= 0.6 is 0 Å². The Labute approximate surface area is 108 Å². The van der Waals surface area contributed by atoms with E-state index < -0.39 is 0 Å². The van der Waals surface area contributed by atoms with Crippen LogP contribution in [0.3, 0.4) is 0 Å². The summed E-state index contributed by atoms with van der Waals surface area (Å²) in [6, 6.07) is 6.11. The Morgan fingerprint density at radius 3 is 3.17 bits per heavy atom. The maximum Gasteiger partial charge on any atom is 0.0706 e. The highest BCUT2D eigenvalue weighted by Gasteiger charge is 2.01. The first-order valence-corrected chi connectivity index (χ1v) is 6.61. The average molecular weight is 247 g/mol. The Balaban J connectivity index is 1.70. The topological polar surface area (TPSA) is 38.6 Å². The minimum absolute atomic E-state index is 0.777. The summed E-state index contributed by atoms with van der Waals surface area (Å²) in [7, 11) is 0. The van der Waals surface area contributed by atoms with Gasteiger partial charge in [-0.2, -0.15) is 5.10 Å². The summed E-state index contributed by atoms with van der Waals surface area (Å²) >= 11 is 0. The highest BCUT2D eigenvalue weighted by molar-refractivity contribution is 5.53. The Morgan fingerprint density at radius 2 is 2.28 bits per heavy atom. The summed E-state index contributed by atoms with van der Waals surface area (Å²) in [5.41, 5.74) is 2.39. The standard InChI is InChI=1S/C14H21N3O/c1-2-3-9-18-10-7-15-11-13-12-16-17-8-5-4-6-14(13)17/h4-6,8,12,15H,2-3,7,9-11H2,1H3. The summed E-state index contributed by atoms with van der Waals surface area (Å²) in [5.74, 6) is 0. The minimum Gasteiger partial charge on any atom is -0.380 e. The van der Waals surface area contributed by atoms with Crippen LogP contribution in [0.25, 0.3) is 5.52 Å². The molecule has 18 heavy (non-hydrogen) atoms. The zero-order valence-electron chi connectivity index (χ0n) is 10.9. The highest BCUT2D eigenvalue weighted by Crippen LogP contribution is 2.08. The van der Waals surface area contributed by atoms with Crippen LogP contribution in [0, 0.1) is 0 Å². The molecule has 4 nitrogen and oxygen atoms in total. The molecule has 2 aromatic heterocycles. The lowest BCUT2D eigenvalue weighted by Gasteiger charge is -2.05. The molecule has 4 heteroatoms.